The van der Waals surface area contributed by atoms with Crippen LogP contribution in [0.15, 0.2) is 77.7 Å². The van der Waals surface area contributed by atoms with E-state index in [2.05, 4.69) is 10.0 Å². The minimum Gasteiger partial charge on any atom is -0.481 e. The van der Waals surface area contributed by atoms with Crippen molar-refractivity contribution in [3.8, 4) is 5.75 Å². The van der Waals surface area contributed by atoms with Crippen LogP contribution in [0.1, 0.15) is 13.3 Å². The zero-order chi connectivity index (χ0) is 22.4. The van der Waals surface area contributed by atoms with Gasteiger partial charge in [-0.15, -0.1) is 0 Å². The number of amides is 1. The number of sulfonamides is 1. The molecule has 3 aromatic rings. The first kappa shape index (κ1) is 22.9. The predicted octanol–water partition coefficient (Wildman–Crippen LogP) is 5.59. The van der Waals surface area contributed by atoms with Crippen LogP contribution in [0.5, 0.6) is 5.75 Å². The number of halogens is 2. The molecule has 1 amide bonds. The van der Waals surface area contributed by atoms with E-state index in [0.29, 0.717) is 27.9 Å². The van der Waals surface area contributed by atoms with Gasteiger partial charge < -0.3 is 10.1 Å². The summed E-state index contributed by atoms with van der Waals surface area (Å²) in [5.74, 6) is 0.181. The molecule has 0 aliphatic rings. The highest BCUT2D eigenvalue weighted by Gasteiger charge is 2.20. The Labute approximate surface area is 191 Å². The fourth-order valence-electron chi connectivity index (χ4n) is 2.69. The topological polar surface area (TPSA) is 84.5 Å². The third-order valence-electron chi connectivity index (χ3n) is 4.31. The molecule has 0 heterocycles. The van der Waals surface area contributed by atoms with Gasteiger partial charge in [-0.1, -0.05) is 42.3 Å². The Hall–Kier alpha value is -2.74. The highest BCUT2D eigenvalue weighted by molar-refractivity contribution is 7.92. The van der Waals surface area contributed by atoms with E-state index in [4.69, 9.17) is 27.9 Å². The maximum atomic E-state index is 12.6. The number of benzene rings is 3. The molecule has 0 aliphatic carbocycles. The summed E-state index contributed by atoms with van der Waals surface area (Å²) < 4.78 is 33.3. The molecule has 3 aromatic carbocycles. The molecule has 0 unspecified atom stereocenters. The van der Waals surface area contributed by atoms with Crippen LogP contribution in [-0.4, -0.2) is 20.4 Å². The SMILES string of the molecule is CC[C@H](Oc1ccc(Cl)cc1)C(=O)Nc1ccc(S(=O)(=O)Nc2ccccc2Cl)cc1. The first-order chi connectivity index (χ1) is 14.8. The molecule has 2 N–H and O–H groups in total. The van der Waals surface area contributed by atoms with E-state index in [9.17, 15) is 13.2 Å². The molecule has 31 heavy (non-hydrogen) atoms. The van der Waals surface area contributed by atoms with Crippen LogP contribution in [0.4, 0.5) is 11.4 Å². The molecule has 0 saturated heterocycles. The number of hydrogen-bond donors (Lipinski definition) is 2. The lowest BCUT2D eigenvalue weighted by atomic mass is 10.2. The van der Waals surface area contributed by atoms with Crippen LogP contribution < -0.4 is 14.8 Å². The minimum atomic E-state index is -3.83. The Morgan fingerprint density at radius 3 is 2.23 bits per heavy atom. The summed E-state index contributed by atoms with van der Waals surface area (Å²) in [7, 11) is -3.83. The van der Waals surface area contributed by atoms with E-state index in [1.54, 1.807) is 48.5 Å². The van der Waals surface area contributed by atoms with Crippen molar-refractivity contribution in [2.24, 2.45) is 0 Å². The van der Waals surface area contributed by atoms with E-state index < -0.39 is 16.1 Å². The maximum Gasteiger partial charge on any atom is 0.265 e. The van der Waals surface area contributed by atoms with Gasteiger partial charge in [0.15, 0.2) is 6.10 Å². The monoisotopic (exact) mass is 478 g/mol. The first-order valence-corrected chi connectivity index (χ1v) is 11.6. The standard InChI is InChI=1S/C22H20Cl2N2O4S/c1-2-21(30-17-11-7-15(23)8-12-17)22(27)25-16-9-13-18(14-10-16)31(28,29)26-20-6-4-3-5-19(20)24/h3-14,21,26H,2H2,1H3,(H,25,27)/t21-/m0/s1. The molecule has 0 radical (unpaired) electrons. The normalized spacial score (nSPS) is 12.1. The van der Waals surface area contributed by atoms with E-state index in [1.807, 2.05) is 6.92 Å². The number of hydrogen-bond acceptors (Lipinski definition) is 4. The van der Waals surface area contributed by atoms with Crippen molar-refractivity contribution in [3.05, 3.63) is 82.8 Å². The van der Waals surface area contributed by atoms with Gasteiger partial charge >= 0.3 is 0 Å². The Balaban J connectivity index is 1.67. The quantitative estimate of drug-likeness (QED) is 0.441. The van der Waals surface area contributed by atoms with Gasteiger partial charge in [0, 0.05) is 10.7 Å². The van der Waals surface area contributed by atoms with Gasteiger partial charge in [0.2, 0.25) is 0 Å². The van der Waals surface area contributed by atoms with Gasteiger partial charge in [0.25, 0.3) is 15.9 Å². The predicted molar refractivity (Wildman–Crippen MR) is 123 cm³/mol. The highest BCUT2D eigenvalue weighted by atomic mass is 35.5. The summed E-state index contributed by atoms with van der Waals surface area (Å²) in [5, 5.41) is 3.60. The van der Waals surface area contributed by atoms with Crippen molar-refractivity contribution in [3.63, 3.8) is 0 Å². The molecule has 0 spiro atoms. The Bertz CT molecular complexity index is 1150. The maximum absolute atomic E-state index is 12.6. The van der Waals surface area contributed by atoms with Crippen molar-refractivity contribution in [1.29, 1.82) is 0 Å². The van der Waals surface area contributed by atoms with Gasteiger partial charge in [0.05, 0.1) is 15.6 Å². The Morgan fingerprint density at radius 1 is 0.968 bits per heavy atom. The van der Waals surface area contributed by atoms with Crippen molar-refractivity contribution in [1.82, 2.24) is 0 Å². The second-order valence-corrected chi connectivity index (χ2v) is 9.09. The molecule has 0 saturated carbocycles. The molecule has 0 aliphatic heterocycles. The molecule has 0 fully saturated rings. The molecule has 162 valence electrons. The lowest BCUT2D eigenvalue weighted by Crippen LogP contribution is -2.32. The summed E-state index contributed by atoms with van der Waals surface area (Å²) in [6.45, 7) is 1.83. The number of carbonyl (C=O) groups excluding carboxylic acids is 1. The van der Waals surface area contributed by atoms with Gasteiger partial charge in [-0.2, -0.15) is 0 Å². The van der Waals surface area contributed by atoms with E-state index in [0.717, 1.165) is 0 Å². The van der Waals surface area contributed by atoms with Crippen LogP contribution in [-0.2, 0) is 14.8 Å². The van der Waals surface area contributed by atoms with Crippen molar-refractivity contribution >= 4 is 50.5 Å². The van der Waals surface area contributed by atoms with Gasteiger partial charge in [0.1, 0.15) is 5.75 Å². The molecule has 3 rings (SSSR count). The molecular weight excluding hydrogens is 459 g/mol. The Morgan fingerprint density at radius 2 is 1.61 bits per heavy atom. The van der Waals surface area contributed by atoms with Crippen LogP contribution in [0, 0.1) is 0 Å². The number of rotatable bonds is 8. The Kier molecular flexibility index (Phi) is 7.43. The zero-order valence-corrected chi connectivity index (χ0v) is 18.8. The van der Waals surface area contributed by atoms with Crippen LogP contribution in [0.2, 0.25) is 10.0 Å². The summed E-state index contributed by atoms with van der Waals surface area (Å²) in [5.41, 5.74) is 0.728. The van der Waals surface area contributed by atoms with Gasteiger partial charge in [-0.3, -0.25) is 9.52 Å². The molecule has 0 bridgehead atoms. The molecular formula is C22H20Cl2N2O4S. The second-order valence-electron chi connectivity index (χ2n) is 6.57. The minimum absolute atomic E-state index is 0.0369. The number of nitrogens with one attached hydrogen (secondary N) is 2. The third-order valence-corrected chi connectivity index (χ3v) is 6.27. The lowest BCUT2D eigenvalue weighted by Gasteiger charge is -2.17. The third kappa shape index (κ3) is 6.13. The van der Waals surface area contributed by atoms with Crippen LogP contribution in [0.3, 0.4) is 0 Å². The fourth-order valence-corrected chi connectivity index (χ4v) is 4.13. The smallest absolute Gasteiger partial charge is 0.265 e. The number of anilines is 2. The van der Waals surface area contributed by atoms with Crippen molar-refractivity contribution in [2.75, 3.05) is 10.0 Å². The highest BCUT2D eigenvalue weighted by Crippen LogP contribution is 2.25. The lowest BCUT2D eigenvalue weighted by molar-refractivity contribution is -0.122. The first-order valence-electron chi connectivity index (χ1n) is 9.39. The summed E-state index contributed by atoms with van der Waals surface area (Å²) in [4.78, 5) is 12.6. The number of ether oxygens (including phenoxy) is 1. The largest absolute Gasteiger partial charge is 0.481 e. The van der Waals surface area contributed by atoms with Crippen molar-refractivity contribution < 1.29 is 17.9 Å². The van der Waals surface area contributed by atoms with Crippen LogP contribution in [0.25, 0.3) is 0 Å². The number of carbonyl (C=O) groups is 1. The average Bonchev–Trinajstić information content (AvgIpc) is 2.75. The van der Waals surface area contributed by atoms with E-state index in [1.165, 1.54) is 24.3 Å². The average molecular weight is 479 g/mol. The second kappa shape index (κ2) is 10.0. The fraction of sp³-hybridized carbons (Fsp3) is 0.136. The zero-order valence-electron chi connectivity index (χ0n) is 16.5. The summed E-state index contributed by atoms with van der Waals surface area (Å²) in [6.07, 6.45) is -0.269. The van der Waals surface area contributed by atoms with E-state index >= 15 is 0 Å². The number of para-hydroxylation sites is 1. The molecule has 6 nitrogen and oxygen atoms in total. The van der Waals surface area contributed by atoms with Crippen molar-refractivity contribution in [2.45, 2.75) is 24.3 Å². The summed E-state index contributed by atoms with van der Waals surface area (Å²) >= 11 is 11.9. The van der Waals surface area contributed by atoms with Gasteiger partial charge in [-0.05, 0) is 67.1 Å². The summed E-state index contributed by atoms with van der Waals surface area (Å²) in [6, 6.07) is 19.1. The van der Waals surface area contributed by atoms with Gasteiger partial charge in [-0.25, -0.2) is 8.42 Å². The van der Waals surface area contributed by atoms with E-state index in [-0.39, 0.29) is 16.5 Å². The van der Waals surface area contributed by atoms with Crippen LogP contribution >= 0.6 is 23.2 Å². The molecule has 1 atom stereocenters. The molecule has 9 heteroatoms. The molecule has 0 aromatic heterocycles.